The van der Waals surface area contributed by atoms with E-state index < -0.39 is 12.6 Å². The van der Waals surface area contributed by atoms with Crippen LogP contribution >= 0.6 is 22.9 Å². The third-order valence-corrected chi connectivity index (χ3v) is 8.53. The van der Waals surface area contributed by atoms with Crippen molar-refractivity contribution in [1.82, 2.24) is 14.2 Å². The third-order valence-electron chi connectivity index (χ3n) is 6.86. The van der Waals surface area contributed by atoms with Crippen molar-refractivity contribution in [2.24, 2.45) is 0 Å². The number of nitrogens with zero attached hydrogens (tertiary/aromatic N) is 3. The number of fused-ring (bicyclic) bond motifs is 2. The molecule has 0 unspecified atom stereocenters. The maximum absolute atomic E-state index is 13.1. The van der Waals surface area contributed by atoms with Crippen LogP contribution in [0.15, 0.2) is 85.2 Å². The van der Waals surface area contributed by atoms with Gasteiger partial charge in [-0.15, -0.1) is 11.3 Å². The van der Waals surface area contributed by atoms with Crippen molar-refractivity contribution >= 4 is 61.7 Å². The first kappa shape index (κ1) is 26.5. The van der Waals surface area contributed by atoms with Gasteiger partial charge < -0.3 is 4.74 Å². The van der Waals surface area contributed by atoms with Crippen LogP contribution in [0.5, 0.6) is 0 Å². The summed E-state index contributed by atoms with van der Waals surface area (Å²) < 4.78 is 9.70. The Labute approximate surface area is 243 Å². The van der Waals surface area contributed by atoms with Crippen LogP contribution in [0.4, 0.5) is 0 Å². The number of carbonyl (C=O) groups is 3. The topological polar surface area (TPSA) is 95.2 Å². The zero-order chi connectivity index (χ0) is 28.7. The number of hydrogen-bond acceptors (Lipinski definition) is 6. The fourth-order valence-corrected chi connectivity index (χ4v) is 6.15. The summed E-state index contributed by atoms with van der Waals surface area (Å²) in [4.78, 5) is 43.5. The van der Waals surface area contributed by atoms with Gasteiger partial charge in [0.15, 0.2) is 6.61 Å². The third kappa shape index (κ3) is 4.90. The number of hydrogen-bond donors (Lipinski definition) is 1. The van der Waals surface area contributed by atoms with Gasteiger partial charge in [0.05, 0.1) is 21.6 Å². The number of imidazole rings is 1. The summed E-state index contributed by atoms with van der Waals surface area (Å²) in [6, 6.07) is 23.8. The fourth-order valence-electron chi connectivity index (χ4n) is 4.74. The second-order valence-electron chi connectivity index (χ2n) is 9.45. The Balaban J connectivity index is 1.12. The quantitative estimate of drug-likeness (QED) is 0.166. The zero-order valence-corrected chi connectivity index (χ0v) is 23.6. The van der Waals surface area contributed by atoms with Crippen LogP contribution in [-0.2, 0) is 4.74 Å². The summed E-state index contributed by atoms with van der Waals surface area (Å²) in [6.45, 7) is 3.05. The van der Waals surface area contributed by atoms with E-state index in [9.17, 15) is 14.4 Å². The van der Waals surface area contributed by atoms with Crippen molar-refractivity contribution in [3.05, 3.63) is 118 Å². The molecule has 1 N–H and O–H groups in total. The van der Waals surface area contributed by atoms with E-state index in [1.165, 1.54) is 16.0 Å². The smallest absolute Gasteiger partial charge is 0.338 e. The molecule has 0 bridgehead atoms. The minimum atomic E-state index is -0.609. The van der Waals surface area contributed by atoms with Gasteiger partial charge in [0.1, 0.15) is 11.2 Å². The number of Topliss-reactive ketones (excluding diaryl/α,β-unsaturated/α-hetero) is 1. The second-order valence-corrected chi connectivity index (χ2v) is 10.9. The van der Waals surface area contributed by atoms with E-state index in [0.29, 0.717) is 32.4 Å². The molecule has 0 radical (unpaired) electrons. The molecular formula is C31H23ClN4O4S. The van der Waals surface area contributed by atoms with Crippen molar-refractivity contribution in [1.29, 1.82) is 0 Å². The normalized spacial score (nSPS) is 11.2. The molecule has 0 aliphatic carbocycles. The first-order valence-electron chi connectivity index (χ1n) is 12.7. The monoisotopic (exact) mass is 582 g/mol. The van der Waals surface area contributed by atoms with E-state index in [0.717, 1.165) is 26.8 Å². The minimum absolute atomic E-state index is 0.323. The second kappa shape index (κ2) is 10.7. The first-order chi connectivity index (χ1) is 19.8. The van der Waals surface area contributed by atoms with Crippen LogP contribution in [0.2, 0.25) is 5.02 Å². The molecule has 3 heterocycles. The maximum atomic E-state index is 13.1. The molecule has 0 saturated carbocycles. The van der Waals surface area contributed by atoms with E-state index in [1.807, 2.05) is 53.1 Å². The predicted octanol–water partition coefficient (Wildman–Crippen LogP) is 6.74. The van der Waals surface area contributed by atoms with Gasteiger partial charge in [0.2, 0.25) is 5.78 Å². The molecule has 0 fully saturated rings. The van der Waals surface area contributed by atoms with E-state index in [1.54, 1.807) is 50.5 Å². The van der Waals surface area contributed by atoms with Crippen molar-refractivity contribution in [3.63, 3.8) is 0 Å². The van der Waals surface area contributed by atoms with Crippen LogP contribution in [-0.4, -0.2) is 38.5 Å². The lowest BCUT2D eigenvalue weighted by Crippen LogP contribution is -2.25. The molecule has 41 heavy (non-hydrogen) atoms. The zero-order valence-electron chi connectivity index (χ0n) is 22.1. The number of amides is 1. The highest BCUT2D eigenvalue weighted by Gasteiger charge is 2.22. The molecule has 3 aromatic carbocycles. The summed E-state index contributed by atoms with van der Waals surface area (Å²) in [5.74, 6) is -1.37. The molecule has 3 aromatic heterocycles. The maximum Gasteiger partial charge on any atom is 0.338 e. The Hall–Kier alpha value is -4.73. The van der Waals surface area contributed by atoms with Crippen molar-refractivity contribution in [2.45, 2.75) is 13.8 Å². The highest BCUT2D eigenvalue weighted by Crippen LogP contribution is 2.35. The van der Waals surface area contributed by atoms with Gasteiger partial charge in [-0.1, -0.05) is 41.9 Å². The van der Waals surface area contributed by atoms with Gasteiger partial charge in [-0.3, -0.25) is 24.3 Å². The minimum Gasteiger partial charge on any atom is -0.454 e. The number of aryl methyl sites for hydroxylation is 1. The summed E-state index contributed by atoms with van der Waals surface area (Å²) >= 11 is 7.77. The number of nitrogens with one attached hydrogen (secondary N) is 1. The number of para-hydroxylation sites is 2. The van der Waals surface area contributed by atoms with Crippen LogP contribution < -0.4 is 5.43 Å². The van der Waals surface area contributed by atoms with Crippen LogP contribution in [0, 0.1) is 13.8 Å². The summed E-state index contributed by atoms with van der Waals surface area (Å²) in [6.07, 6.45) is 1.73. The summed E-state index contributed by atoms with van der Waals surface area (Å²) in [5.41, 5.74) is 7.33. The molecule has 10 heteroatoms. The number of esters is 1. The molecule has 204 valence electrons. The lowest BCUT2D eigenvalue weighted by Gasteiger charge is -2.11. The number of halogens is 1. The molecule has 0 saturated heterocycles. The summed E-state index contributed by atoms with van der Waals surface area (Å²) in [5, 5.41) is 1.20. The van der Waals surface area contributed by atoms with Crippen LogP contribution in [0.1, 0.15) is 41.8 Å². The average molecular weight is 583 g/mol. The average Bonchev–Trinajstić information content (AvgIpc) is 3.66. The molecule has 0 spiro atoms. The van der Waals surface area contributed by atoms with Crippen LogP contribution in [0.3, 0.4) is 0 Å². The van der Waals surface area contributed by atoms with E-state index in [2.05, 4.69) is 10.4 Å². The fraction of sp³-hybridized carbons (Fsp3) is 0.0968. The molecular weight excluding hydrogens is 560 g/mol. The number of ether oxygens (including phenoxy) is 1. The van der Waals surface area contributed by atoms with E-state index in [4.69, 9.17) is 16.3 Å². The number of ketones is 1. The Morgan fingerprint density at radius 2 is 1.71 bits per heavy atom. The number of carbonyl (C=O) groups excluding carboxylic acids is 3. The number of benzene rings is 3. The molecule has 0 aliphatic rings. The largest absolute Gasteiger partial charge is 0.454 e. The van der Waals surface area contributed by atoms with Gasteiger partial charge in [0.25, 0.3) is 5.91 Å². The Kier molecular flexibility index (Phi) is 6.90. The Morgan fingerprint density at radius 1 is 0.976 bits per heavy atom. The van der Waals surface area contributed by atoms with E-state index >= 15 is 0 Å². The molecule has 0 atom stereocenters. The van der Waals surface area contributed by atoms with Crippen molar-refractivity contribution in [2.75, 3.05) is 12.0 Å². The van der Waals surface area contributed by atoms with Crippen LogP contribution in [0.25, 0.3) is 26.8 Å². The van der Waals surface area contributed by atoms with Crippen molar-refractivity contribution in [3.8, 4) is 5.69 Å². The molecule has 0 aliphatic heterocycles. The number of rotatable bonds is 7. The van der Waals surface area contributed by atoms with Gasteiger partial charge in [-0.2, -0.15) is 0 Å². The lowest BCUT2D eigenvalue weighted by atomic mass is 10.1. The Morgan fingerprint density at radius 3 is 2.49 bits per heavy atom. The van der Waals surface area contributed by atoms with Crippen molar-refractivity contribution < 1.29 is 19.1 Å². The standard InChI is InChI=1S/C31H23ClN4O4S/c1-18-15-23(19(2)36(18)34-30(38)29-28(32)22-7-3-6-10-27(22)41-29)26(37)16-40-31(39)20-11-13-21(14-12-20)35-17-33-24-8-4-5-9-25(24)35/h3-15,17H,16H2,1-2H3,(H,34,38). The number of thiophene rings is 1. The molecule has 6 rings (SSSR count). The lowest BCUT2D eigenvalue weighted by molar-refractivity contribution is 0.0474. The molecule has 8 nitrogen and oxygen atoms in total. The Bertz CT molecular complexity index is 1970. The summed E-state index contributed by atoms with van der Waals surface area (Å²) in [7, 11) is 0. The van der Waals surface area contributed by atoms with Gasteiger partial charge in [-0.05, 0) is 62.4 Å². The number of aromatic nitrogens is 3. The van der Waals surface area contributed by atoms with Gasteiger partial charge >= 0.3 is 5.97 Å². The first-order valence-corrected chi connectivity index (χ1v) is 13.9. The van der Waals surface area contributed by atoms with Gasteiger partial charge in [0, 0.05) is 32.7 Å². The highest BCUT2D eigenvalue weighted by molar-refractivity contribution is 7.21. The van der Waals surface area contributed by atoms with Gasteiger partial charge in [-0.25, -0.2) is 9.78 Å². The SMILES string of the molecule is Cc1cc(C(=O)COC(=O)c2ccc(-n3cnc4ccccc43)cc2)c(C)n1NC(=O)c1sc2ccccc2c1Cl. The highest BCUT2D eigenvalue weighted by atomic mass is 35.5. The predicted molar refractivity (Wildman–Crippen MR) is 160 cm³/mol. The molecule has 1 amide bonds. The van der Waals surface area contributed by atoms with E-state index in [-0.39, 0.29) is 11.7 Å². The molecule has 6 aromatic rings.